The van der Waals surface area contributed by atoms with Crippen LogP contribution in [0.5, 0.6) is 11.5 Å². The molecule has 0 spiro atoms. The first kappa shape index (κ1) is 35.5. The molecule has 0 atom stereocenters. The van der Waals surface area contributed by atoms with Crippen LogP contribution in [0.2, 0.25) is 0 Å². The topological polar surface area (TPSA) is 117 Å². The van der Waals surface area contributed by atoms with Crippen LogP contribution in [0.15, 0.2) is 72.8 Å². The summed E-state index contributed by atoms with van der Waals surface area (Å²) in [7, 11) is 9.68. The molecule has 0 saturated heterocycles. The van der Waals surface area contributed by atoms with Crippen LogP contribution < -0.4 is 9.47 Å². The van der Waals surface area contributed by atoms with Gasteiger partial charge < -0.3 is 29.5 Å². The van der Waals surface area contributed by atoms with E-state index in [9.17, 15) is 14.4 Å². The van der Waals surface area contributed by atoms with Crippen LogP contribution in [-0.4, -0.2) is 86.2 Å². The smallest absolute Gasteiger partial charge is 0.328 e. The fourth-order valence-corrected chi connectivity index (χ4v) is 4.27. The molecule has 0 aliphatic rings. The Balaban J connectivity index is 0.000000742. The maximum Gasteiger partial charge on any atom is 0.328 e. The summed E-state index contributed by atoms with van der Waals surface area (Å²) in [6, 6.07) is 18.3. The van der Waals surface area contributed by atoms with Crippen LogP contribution in [0.3, 0.4) is 0 Å². The molecular weight excluding hydrogens is 560 g/mol. The van der Waals surface area contributed by atoms with Crippen LogP contribution in [0.25, 0.3) is 17.2 Å². The minimum absolute atomic E-state index is 0.0614. The highest BCUT2D eigenvalue weighted by Gasteiger charge is 2.11. The highest BCUT2D eigenvalue weighted by atomic mass is 16.5. The van der Waals surface area contributed by atoms with Gasteiger partial charge in [-0.2, -0.15) is 0 Å². The van der Waals surface area contributed by atoms with Crippen molar-refractivity contribution in [3.05, 3.63) is 101 Å². The van der Waals surface area contributed by atoms with Crippen molar-refractivity contribution < 1.29 is 34.1 Å². The molecule has 0 saturated carbocycles. The number of carboxylic acids is 2. The van der Waals surface area contributed by atoms with Crippen molar-refractivity contribution in [1.82, 2.24) is 9.80 Å². The normalized spacial score (nSPS) is 11.1. The Labute approximate surface area is 259 Å². The summed E-state index contributed by atoms with van der Waals surface area (Å²) in [5.41, 5.74) is 7.16. The second-order valence-corrected chi connectivity index (χ2v) is 10.8. The number of nitrogens with zero attached hydrogens (tertiary/aromatic N) is 2. The van der Waals surface area contributed by atoms with E-state index in [1.165, 1.54) is 11.1 Å². The van der Waals surface area contributed by atoms with Gasteiger partial charge in [-0.15, -0.1) is 0 Å². The quantitative estimate of drug-likeness (QED) is 0.191. The van der Waals surface area contributed by atoms with Gasteiger partial charge in [-0.05, 0) is 95.6 Å². The Morgan fingerprint density at radius 1 is 0.750 bits per heavy atom. The van der Waals surface area contributed by atoms with Crippen molar-refractivity contribution in [2.24, 2.45) is 0 Å². The number of benzene rings is 3. The van der Waals surface area contributed by atoms with Gasteiger partial charge in [0.15, 0.2) is 5.78 Å². The van der Waals surface area contributed by atoms with Crippen molar-refractivity contribution in [3.63, 3.8) is 0 Å². The summed E-state index contributed by atoms with van der Waals surface area (Å²) in [6.07, 6.45) is 4.60. The molecule has 0 unspecified atom stereocenters. The van der Waals surface area contributed by atoms with Crippen molar-refractivity contribution in [2.45, 2.75) is 20.4 Å². The average molecular weight is 603 g/mol. The number of ketones is 1. The monoisotopic (exact) mass is 602 g/mol. The lowest BCUT2D eigenvalue weighted by Gasteiger charge is -2.15. The number of carboxylic acid groups (broad SMARTS) is 2. The Morgan fingerprint density at radius 3 is 1.91 bits per heavy atom. The number of methoxy groups -OCH3 is 1. The third-order valence-electron chi connectivity index (χ3n) is 6.20. The molecule has 0 heterocycles. The van der Waals surface area contributed by atoms with Crippen LogP contribution in [-0.2, 0) is 16.1 Å². The largest absolute Gasteiger partial charge is 0.496 e. The number of carbonyl (C=O) groups excluding carboxylic acids is 1. The van der Waals surface area contributed by atoms with Gasteiger partial charge >= 0.3 is 11.9 Å². The summed E-state index contributed by atoms with van der Waals surface area (Å²) >= 11 is 0. The molecule has 234 valence electrons. The number of ether oxygens (including phenoxy) is 2. The standard InChI is InChI=1S/C31H38N2O3.C4H4O4/c1-22-16-23(2)18-27(17-22)24-9-13-31(36-15-14-32(3)4)26(19-24)8-11-29(34)25-10-12-30(35-7)28(20-25)21-33(5)6;5-3(6)1-2-4(7)8/h8-13,16-20H,14-15,21H2,1-7H3;1-2H,(H,5,6)(H,7,8)/b11-8+;2-1+. The van der Waals surface area contributed by atoms with E-state index in [0.717, 1.165) is 40.3 Å². The number of aryl methyl sites for hydroxylation is 2. The summed E-state index contributed by atoms with van der Waals surface area (Å²) < 4.78 is 11.6. The minimum atomic E-state index is -1.26. The first-order chi connectivity index (χ1) is 20.8. The first-order valence-electron chi connectivity index (χ1n) is 14.0. The molecule has 3 aromatic rings. The molecule has 2 N–H and O–H groups in total. The summed E-state index contributed by atoms with van der Waals surface area (Å²) in [5, 5.41) is 15.6. The number of rotatable bonds is 13. The molecular formula is C35H42N2O7. The lowest BCUT2D eigenvalue weighted by molar-refractivity contribution is -0.134. The zero-order valence-corrected chi connectivity index (χ0v) is 26.5. The van der Waals surface area contributed by atoms with Gasteiger partial charge in [0.1, 0.15) is 18.1 Å². The number of carbonyl (C=O) groups is 3. The second-order valence-electron chi connectivity index (χ2n) is 10.8. The summed E-state index contributed by atoms with van der Waals surface area (Å²) in [4.78, 5) is 36.4. The Morgan fingerprint density at radius 2 is 1.36 bits per heavy atom. The fourth-order valence-electron chi connectivity index (χ4n) is 4.27. The molecule has 0 amide bonds. The van der Waals surface area contributed by atoms with Crippen LogP contribution >= 0.6 is 0 Å². The van der Waals surface area contributed by atoms with E-state index in [1.54, 1.807) is 13.2 Å². The summed E-state index contributed by atoms with van der Waals surface area (Å²) in [6.45, 7) is 6.27. The SMILES string of the molecule is COc1ccc(C(=O)/C=C/c2cc(-c3cc(C)cc(C)c3)ccc2OCCN(C)C)cc1CN(C)C.O=C(O)/C=C/C(=O)O. The molecule has 44 heavy (non-hydrogen) atoms. The van der Waals surface area contributed by atoms with Crippen LogP contribution in [0.1, 0.15) is 32.6 Å². The molecule has 3 rings (SSSR count). The van der Waals surface area contributed by atoms with Crippen LogP contribution in [0, 0.1) is 13.8 Å². The molecule has 0 bridgehead atoms. The van der Waals surface area contributed by atoms with E-state index < -0.39 is 11.9 Å². The predicted molar refractivity (Wildman–Crippen MR) is 174 cm³/mol. The predicted octanol–water partition coefficient (Wildman–Crippen LogP) is 5.59. The molecule has 0 aliphatic heterocycles. The average Bonchev–Trinajstić information content (AvgIpc) is 2.94. The number of likely N-dealkylation sites (N-methyl/N-ethyl adjacent to an activating group) is 1. The third-order valence-corrected chi connectivity index (χ3v) is 6.20. The third kappa shape index (κ3) is 12.2. The number of hydrogen-bond acceptors (Lipinski definition) is 7. The lowest BCUT2D eigenvalue weighted by Crippen LogP contribution is -2.19. The van der Waals surface area contributed by atoms with Gasteiger partial charge in [-0.3, -0.25) is 4.79 Å². The van der Waals surface area contributed by atoms with E-state index in [4.69, 9.17) is 19.7 Å². The van der Waals surface area contributed by atoms with Gasteiger partial charge in [0.05, 0.1) is 7.11 Å². The Hall–Kier alpha value is -4.73. The van der Waals surface area contributed by atoms with E-state index in [2.05, 4.69) is 54.0 Å². The molecule has 0 aromatic heterocycles. The number of aliphatic carboxylic acids is 2. The second kappa shape index (κ2) is 17.4. The first-order valence-corrected chi connectivity index (χ1v) is 14.0. The molecule has 9 nitrogen and oxygen atoms in total. The van der Waals surface area contributed by atoms with Gasteiger partial charge in [0.25, 0.3) is 0 Å². The van der Waals surface area contributed by atoms with Crippen molar-refractivity contribution in [2.75, 3.05) is 48.5 Å². The zero-order chi connectivity index (χ0) is 32.8. The molecule has 0 fully saturated rings. The maximum absolute atomic E-state index is 13.1. The van der Waals surface area contributed by atoms with E-state index in [0.29, 0.717) is 30.9 Å². The zero-order valence-electron chi connectivity index (χ0n) is 26.5. The van der Waals surface area contributed by atoms with Gasteiger partial charge in [0.2, 0.25) is 0 Å². The van der Waals surface area contributed by atoms with Gasteiger partial charge in [-0.25, -0.2) is 9.59 Å². The van der Waals surface area contributed by atoms with E-state index in [-0.39, 0.29) is 5.78 Å². The fraction of sp³-hybridized carbons (Fsp3) is 0.286. The van der Waals surface area contributed by atoms with Crippen molar-refractivity contribution >= 4 is 23.8 Å². The van der Waals surface area contributed by atoms with Crippen molar-refractivity contribution in [1.29, 1.82) is 0 Å². The van der Waals surface area contributed by atoms with Gasteiger partial charge in [-0.1, -0.05) is 35.4 Å². The van der Waals surface area contributed by atoms with E-state index in [1.807, 2.05) is 58.5 Å². The highest BCUT2D eigenvalue weighted by Crippen LogP contribution is 2.30. The Kier molecular flexibility index (Phi) is 14.0. The molecule has 9 heteroatoms. The molecule has 3 aromatic carbocycles. The number of hydrogen-bond donors (Lipinski definition) is 2. The number of allylic oxidation sites excluding steroid dienone is 1. The van der Waals surface area contributed by atoms with E-state index >= 15 is 0 Å². The molecule has 0 radical (unpaired) electrons. The Bertz CT molecular complexity index is 1470. The minimum Gasteiger partial charge on any atom is -0.496 e. The van der Waals surface area contributed by atoms with Crippen molar-refractivity contribution in [3.8, 4) is 22.6 Å². The summed E-state index contributed by atoms with van der Waals surface area (Å²) in [5.74, 6) is -1.03. The maximum atomic E-state index is 13.1. The van der Waals surface area contributed by atoms with Gasteiger partial charge in [0, 0.05) is 41.9 Å². The lowest BCUT2D eigenvalue weighted by atomic mass is 9.98. The van der Waals surface area contributed by atoms with Crippen LogP contribution in [0.4, 0.5) is 0 Å². The molecule has 0 aliphatic carbocycles. The highest BCUT2D eigenvalue weighted by molar-refractivity contribution is 6.07.